The van der Waals surface area contributed by atoms with Crippen molar-refractivity contribution in [2.75, 3.05) is 0 Å². The molecule has 0 aliphatic carbocycles. The third kappa shape index (κ3) is 1.43. The molecule has 0 radical (unpaired) electrons. The lowest BCUT2D eigenvalue weighted by Crippen LogP contribution is -1.90. The van der Waals surface area contributed by atoms with Crippen LogP contribution in [0, 0.1) is 6.92 Å². The molecule has 62 valence electrons. The van der Waals surface area contributed by atoms with E-state index in [-0.39, 0.29) is 0 Å². The van der Waals surface area contributed by atoms with Crippen molar-refractivity contribution in [2.45, 2.75) is 11.8 Å². The van der Waals surface area contributed by atoms with E-state index in [1.54, 1.807) is 18.3 Å². The van der Waals surface area contributed by atoms with Crippen molar-refractivity contribution in [3.63, 3.8) is 0 Å². The van der Waals surface area contributed by atoms with Crippen molar-refractivity contribution in [3.8, 4) is 0 Å². The Kier molecular flexibility index (Phi) is 2.71. The van der Waals surface area contributed by atoms with Crippen LogP contribution in [0.25, 0.3) is 12.2 Å². The Bertz CT molecular complexity index is 329. The first kappa shape index (κ1) is 9.07. The molecule has 1 aromatic rings. The molecule has 0 atom stereocenters. The zero-order valence-electron chi connectivity index (χ0n) is 7.04. The Morgan fingerprint density at radius 1 is 1.42 bits per heavy atom. The molecule has 0 fully saturated rings. The van der Waals surface area contributed by atoms with Crippen LogP contribution in [0.1, 0.15) is 16.8 Å². The summed E-state index contributed by atoms with van der Waals surface area (Å²) >= 11 is 4.36. The smallest absolute Gasteiger partial charge is 0.0707 e. The predicted octanol–water partition coefficient (Wildman–Crippen LogP) is 2.96. The molecule has 0 saturated carbocycles. The van der Waals surface area contributed by atoms with Crippen molar-refractivity contribution >= 4 is 24.8 Å². The number of hydrogen-bond donors (Lipinski definition) is 1. The van der Waals surface area contributed by atoms with E-state index in [9.17, 15) is 0 Å². The molecule has 2 heteroatoms. The van der Waals surface area contributed by atoms with Gasteiger partial charge < -0.3 is 0 Å². The van der Waals surface area contributed by atoms with Crippen LogP contribution in [-0.2, 0) is 0 Å². The first-order valence-electron chi connectivity index (χ1n) is 3.64. The lowest BCUT2D eigenvalue weighted by molar-refractivity contribution is 1.16. The second-order valence-corrected chi connectivity index (χ2v) is 2.94. The van der Waals surface area contributed by atoms with Crippen LogP contribution in [0.2, 0.25) is 0 Å². The second kappa shape index (κ2) is 3.59. The highest BCUT2D eigenvalue weighted by Gasteiger charge is 2.03. The van der Waals surface area contributed by atoms with Gasteiger partial charge in [0.25, 0.3) is 0 Å². The zero-order chi connectivity index (χ0) is 9.14. The standard InChI is InChI=1S/C10H11NS/c1-4-8-9(5-2)11-6-7(3)10(8)12/h4-6H,1-2H2,3H3,(H,11,12). The molecule has 0 bridgehead atoms. The Labute approximate surface area is 78.3 Å². The van der Waals surface area contributed by atoms with E-state index in [0.29, 0.717) is 0 Å². The minimum Gasteiger partial charge on any atom is -0.256 e. The van der Waals surface area contributed by atoms with Gasteiger partial charge >= 0.3 is 0 Å². The van der Waals surface area contributed by atoms with Crippen LogP contribution in [0.3, 0.4) is 0 Å². The van der Waals surface area contributed by atoms with Gasteiger partial charge in [0.1, 0.15) is 0 Å². The van der Waals surface area contributed by atoms with Crippen LogP contribution in [0.15, 0.2) is 24.3 Å². The molecule has 0 aliphatic rings. The van der Waals surface area contributed by atoms with Crippen molar-refractivity contribution in [3.05, 3.63) is 36.2 Å². The molecule has 1 nitrogen and oxygen atoms in total. The van der Waals surface area contributed by atoms with E-state index in [1.807, 2.05) is 6.92 Å². The maximum Gasteiger partial charge on any atom is 0.0707 e. The first-order valence-corrected chi connectivity index (χ1v) is 4.09. The number of thiol groups is 1. The van der Waals surface area contributed by atoms with Gasteiger partial charge in [0.05, 0.1) is 5.69 Å². The summed E-state index contributed by atoms with van der Waals surface area (Å²) in [6.07, 6.45) is 5.24. The third-order valence-corrected chi connectivity index (χ3v) is 2.29. The SMILES string of the molecule is C=Cc1ncc(C)c(S)c1C=C. The number of rotatable bonds is 2. The summed E-state index contributed by atoms with van der Waals surface area (Å²) in [7, 11) is 0. The number of pyridine rings is 1. The maximum absolute atomic E-state index is 4.36. The number of aryl methyl sites for hydroxylation is 1. The van der Waals surface area contributed by atoms with Gasteiger partial charge in [-0.3, -0.25) is 4.98 Å². The molecule has 1 heterocycles. The molecule has 0 spiro atoms. The van der Waals surface area contributed by atoms with E-state index in [1.165, 1.54) is 0 Å². The second-order valence-electron chi connectivity index (χ2n) is 2.50. The minimum absolute atomic E-state index is 0.834. The summed E-state index contributed by atoms with van der Waals surface area (Å²) in [4.78, 5) is 5.12. The van der Waals surface area contributed by atoms with E-state index in [4.69, 9.17) is 0 Å². The minimum atomic E-state index is 0.834. The molecule has 0 aromatic carbocycles. The Hall–Kier alpha value is -1.02. The summed E-state index contributed by atoms with van der Waals surface area (Å²) in [5.41, 5.74) is 2.84. The van der Waals surface area contributed by atoms with E-state index in [2.05, 4.69) is 30.8 Å². The highest BCUT2D eigenvalue weighted by Crippen LogP contribution is 2.22. The van der Waals surface area contributed by atoms with Gasteiger partial charge in [-0.05, 0) is 18.6 Å². The Morgan fingerprint density at radius 3 is 2.58 bits per heavy atom. The van der Waals surface area contributed by atoms with E-state index >= 15 is 0 Å². The molecule has 0 unspecified atom stereocenters. The predicted molar refractivity (Wildman–Crippen MR) is 56.4 cm³/mol. The largest absolute Gasteiger partial charge is 0.256 e. The number of hydrogen-bond acceptors (Lipinski definition) is 2. The summed E-state index contributed by atoms with van der Waals surface area (Å²) in [6.45, 7) is 9.34. The molecule has 12 heavy (non-hydrogen) atoms. The van der Waals surface area contributed by atoms with Gasteiger partial charge in [0.2, 0.25) is 0 Å². The van der Waals surface area contributed by atoms with Gasteiger partial charge in [-0.25, -0.2) is 0 Å². The van der Waals surface area contributed by atoms with Gasteiger partial charge in [-0.1, -0.05) is 19.2 Å². The molecule has 0 aliphatic heterocycles. The summed E-state index contributed by atoms with van der Waals surface area (Å²) in [6, 6.07) is 0. The topological polar surface area (TPSA) is 12.9 Å². The summed E-state index contributed by atoms with van der Waals surface area (Å²) < 4.78 is 0. The highest BCUT2D eigenvalue weighted by atomic mass is 32.1. The quantitative estimate of drug-likeness (QED) is 0.685. The van der Waals surface area contributed by atoms with E-state index in [0.717, 1.165) is 21.7 Å². The highest BCUT2D eigenvalue weighted by molar-refractivity contribution is 7.80. The van der Waals surface area contributed by atoms with Crippen molar-refractivity contribution in [2.24, 2.45) is 0 Å². The zero-order valence-corrected chi connectivity index (χ0v) is 7.94. The van der Waals surface area contributed by atoms with Crippen LogP contribution in [0.4, 0.5) is 0 Å². The lowest BCUT2D eigenvalue weighted by Gasteiger charge is -2.05. The molecular weight excluding hydrogens is 166 g/mol. The van der Waals surface area contributed by atoms with Crippen LogP contribution in [-0.4, -0.2) is 4.98 Å². The molecule has 1 aromatic heterocycles. The van der Waals surface area contributed by atoms with Crippen molar-refractivity contribution in [1.29, 1.82) is 0 Å². The van der Waals surface area contributed by atoms with Crippen molar-refractivity contribution < 1.29 is 0 Å². The Balaban J connectivity index is 3.45. The fourth-order valence-corrected chi connectivity index (χ4v) is 1.26. The van der Waals surface area contributed by atoms with Crippen LogP contribution < -0.4 is 0 Å². The average molecular weight is 177 g/mol. The summed E-state index contributed by atoms with van der Waals surface area (Å²) in [5.74, 6) is 0. The normalized spacial score (nSPS) is 9.50. The lowest BCUT2D eigenvalue weighted by atomic mass is 10.1. The van der Waals surface area contributed by atoms with Gasteiger partial charge in [0, 0.05) is 16.7 Å². The van der Waals surface area contributed by atoms with Crippen molar-refractivity contribution in [1.82, 2.24) is 4.98 Å². The monoisotopic (exact) mass is 177 g/mol. The first-order chi connectivity index (χ1) is 5.70. The van der Waals surface area contributed by atoms with Gasteiger partial charge in [-0.15, -0.1) is 12.6 Å². The number of nitrogens with zero attached hydrogens (tertiary/aromatic N) is 1. The molecule has 0 N–H and O–H groups in total. The molecule has 0 saturated heterocycles. The van der Waals surface area contributed by atoms with E-state index < -0.39 is 0 Å². The van der Waals surface area contributed by atoms with Crippen LogP contribution >= 0.6 is 12.6 Å². The maximum atomic E-state index is 4.36. The van der Waals surface area contributed by atoms with Gasteiger partial charge in [0.15, 0.2) is 0 Å². The fourth-order valence-electron chi connectivity index (χ4n) is 0.995. The molecular formula is C10H11NS. The number of aromatic nitrogens is 1. The molecule has 1 rings (SSSR count). The van der Waals surface area contributed by atoms with Gasteiger partial charge in [-0.2, -0.15) is 0 Å². The van der Waals surface area contributed by atoms with Crippen LogP contribution in [0.5, 0.6) is 0 Å². The summed E-state index contributed by atoms with van der Waals surface area (Å²) in [5, 5.41) is 0. The average Bonchev–Trinajstić information content (AvgIpc) is 2.09. The Morgan fingerprint density at radius 2 is 2.08 bits per heavy atom. The molecule has 0 amide bonds. The third-order valence-electron chi connectivity index (χ3n) is 1.70. The fraction of sp³-hybridized carbons (Fsp3) is 0.100.